The molecule has 0 aromatic heterocycles. The molecule has 0 saturated heterocycles. The fourth-order valence-corrected chi connectivity index (χ4v) is 1.78. The van der Waals surface area contributed by atoms with Gasteiger partial charge in [0, 0.05) is 26.2 Å². The monoisotopic (exact) mass is 348 g/mol. The Hall–Kier alpha value is 0.796. The molecule has 130 valence electrons. The van der Waals surface area contributed by atoms with Crippen LogP contribution >= 0.6 is 0 Å². The van der Waals surface area contributed by atoms with E-state index in [0.29, 0.717) is 6.04 Å². The molecule has 0 spiro atoms. The molecule has 4 nitrogen and oxygen atoms in total. The Labute approximate surface area is 187 Å². The van der Waals surface area contributed by atoms with Crippen LogP contribution in [0.4, 0.5) is 0 Å². The number of nitrogens with zero attached hydrogens (tertiary/aromatic N) is 4. The van der Waals surface area contributed by atoms with Gasteiger partial charge in [-0.15, -0.1) is 0 Å². The van der Waals surface area contributed by atoms with Crippen molar-refractivity contribution in [1.82, 2.24) is 14.7 Å². The van der Waals surface area contributed by atoms with E-state index in [4.69, 9.17) is 0 Å². The summed E-state index contributed by atoms with van der Waals surface area (Å²) in [7, 11) is 10.6. The zero-order chi connectivity index (χ0) is 17.2. The number of rotatable bonds is 6. The molecule has 1 aliphatic rings. The van der Waals surface area contributed by atoms with Crippen LogP contribution in [0, 0.1) is 5.41 Å². The Bertz CT molecular complexity index is 320. The van der Waals surface area contributed by atoms with Crippen molar-refractivity contribution in [1.29, 1.82) is 0 Å². The third-order valence-corrected chi connectivity index (χ3v) is 3.48. The van der Waals surface area contributed by atoms with Gasteiger partial charge in [0.15, 0.2) is 0 Å². The van der Waals surface area contributed by atoms with Gasteiger partial charge in [0.2, 0.25) is 0 Å². The minimum Gasteiger partial charge on any atom is -0.684 e. The van der Waals surface area contributed by atoms with Crippen LogP contribution in [0.2, 0.25) is 0 Å². The molecular weight excluding hydrogens is 311 g/mol. The number of hydrogen-bond donors (Lipinski definition) is 0. The van der Waals surface area contributed by atoms with E-state index in [2.05, 4.69) is 88.2 Å². The molecule has 0 bridgehead atoms. The van der Waals surface area contributed by atoms with E-state index in [1.165, 1.54) is 0 Å². The van der Waals surface area contributed by atoms with Crippen LogP contribution < -0.4 is 51.4 Å². The normalized spacial score (nSPS) is 16.9. The predicted octanol–water partition coefficient (Wildman–Crippen LogP) is -0.0963. The maximum Gasteiger partial charge on any atom is 1.00 e. The third-order valence-electron chi connectivity index (χ3n) is 3.48. The van der Waals surface area contributed by atoms with Gasteiger partial charge < -0.3 is 20.0 Å². The third kappa shape index (κ3) is 16.0. The van der Waals surface area contributed by atoms with Crippen molar-refractivity contribution in [3.8, 4) is 0 Å². The molecule has 0 unspecified atom stereocenters. The van der Waals surface area contributed by atoms with Crippen molar-refractivity contribution < 1.29 is 51.4 Å². The average Bonchev–Trinajstić information content (AvgIpc) is 2.43. The molecule has 0 N–H and O–H groups in total. The summed E-state index contributed by atoms with van der Waals surface area (Å²) in [5.74, 6) is 0. The summed E-state index contributed by atoms with van der Waals surface area (Å²) < 4.78 is 0. The van der Waals surface area contributed by atoms with E-state index in [9.17, 15) is 0 Å². The molecule has 0 aliphatic carbocycles. The molecule has 1 rings (SSSR count). The molecule has 5 heteroatoms. The van der Waals surface area contributed by atoms with Crippen molar-refractivity contribution in [3.05, 3.63) is 29.7 Å². The van der Waals surface area contributed by atoms with Gasteiger partial charge in [-0.05, 0) is 40.7 Å². The molecular formula is C18H37KN4. The van der Waals surface area contributed by atoms with Crippen molar-refractivity contribution in [2.45, 2.75) is 26.8 Å². The first kappa shape index (κ1) is 26.0. The Morgan fingerprint density at radius 3 is 1.57 bits per heavy atom. The topological polar surface area (TPSA) is 23.8 Å². The molecule has 0 aromatic carbocycles. The first-order valence-corrected chi connectivity index (χ1v) is 8.14. The van der Waals surface area contributed by atoms with E-state index in [1.54, 1.807) is 0 Å². The van der Waals surface area contributed by atoms with Crippen LogP contribution in [0.5, 0.6) is 0 Å². The first-order chi connectivity index (χ1) is 10.1. The van der Waals surface area contributed by atoms with E-state index >= 15 is 0 Å². The van der Waals surface area contributed by atoms with Gasteiger partial charge in [0.25, 0.3) is 0 Å². The quantitative estimate of drug-likeness (QED) is 0.627. The molecule has 0 fully saturated rings. The first-order valence-electron chi connectivity index (χ1n) is 8.14. The summed E-state index contributed by atoms with van der Waals surface area (Å²) in [5.41, 5.74) is 0.265. The average molecular weight is 349 g/mol. The summed E-state index contributed by atoms with van der Waals surface area (Å²) in [6.45, 7) is 11.2. The maximum atomic E-state index is 4.33. The van der Waals surface area contributed by atoms with Gasteiger partial charge in [0.05, 0.1) is 0 Å². The largest absolute Gasteiger partial charge is 1.00 e. The molecule has 0 radical (unpaired) electrons. The van der Waals surface area contributed by atoms with E-state index in [0.717, 1.165) is 26.2 Å². The fourth-order valence-electron chi connectivity index (χ4n) is 1.78. The Kier molecular flexibility index (Phi) is 15.9. The summed E-state index contributed by atoms with van der Waals surface area (Å²) >= 11 is 0. The van der Waals surface area contributed by atoms with Crippen molar-refractivity contribution in [2.24, 2.45) is 5.41 Å². The van der Waals surface area contributed by atoms with Gasteiger partial charge in [-0.2, -0.15) is 6.20 Å². The van der Waals surface area contributed by atoms with Crippen LogP contribution in [-0.4, -0.2) is 82.2 Å². The molecule has 0 saturated carbocycles. The van der Waals surface area contributed by atoms with Crippen LogP contribution in [0.15, 0.2) is 24.4 Å². The Morgan fingerprint density at radius 1 is 0.826 bits per heavy atom. The molecule has 1 atom stereocenters. The predicted molar refractivity (Wildman–Crippen MR) is 99.5 cm³/mol. The fraction of sp³-hybridized carbons (Fsp3) is 0.778. The van der Waals surface area contributed by atoms with Gasteiger partial charge in [0.1, 0.15) is 0 Å². The molecule has 0 aromatic rings. The SMILES string of the molecule is CC(C)(C)[C@@H]1C=CC=C[N-]1.CN(C)CCN(C)CCN(C)C.[K+]. The van der Waals surface area contributed by atoms with Crippen molar-refractivity contribution in [2.75, 3.05) is 61.4 Å². The minimum atomic E-state index is 0. The molecule has 23 heavy (non-hydrogen) atoms. The minimum absolute atomic E-state index is 0. The second-order valence-corrected chi connectivity index (χ2v) is 7.60. The maximum absolute atomic E-state index is 4.33. The zero-order valence-corrected chi connectivity index (χ0v) is 20.1. The van der Waals surface area contributed by atoms with Crippen LogP contribution in [0.25, 0.3) is 5.32 Å². The summed E-state index contributed by atoms with van der Waals surface area (Å²) in [5, 5.41) is 4.33. The Morgan fingerprint density at radius 2 is 1.30 bits per heavy atom. The van der Waals surface area contributed by atoms with Crippen molar-refractivity contribution >= 4 is 0 Å². The van der Waals surface area contributed by atoms with Gasteiger partial charge in [-0.3, -0.25) is 0 Å². The van der Waals surface area contributed by atoms with Gasteiger partial charge >= 0.3 is 51.4 Å². The van der Waals surface area contributed by atoms with Gasteiger partial charge in [-0.1, -0.05) is 45.0 Å². The number of likely N-dealkylation sites (N-methyl/N-ethyl adjacent to an activating group) is 3. The summed E-state index contributed by atoms with van der Waals surface area (Å²) in [6, 6.07) is 0.359. The summed E-state index contributed by atoms with van der Waals surface area (Å²) in [6.07, 6.45) is 8.03. The second-order valence-electron chi connectivity index (χ2n) is 7.60. The van der Waals surface area contributed by atoms with E-state index < -0.39 is 0 Å². The molecule has 0 amide bonds. The standard InChI is InChI=1S/C9H23N3.C9H14N.K/c1-10(2)6-8-12(5)9-7-11(3)4;1-9(2,3)8-6-4-5-7-10-8;/h6-9H2,1-5H3;4-8H,1-3H3;/q;-1;+1/t;8-;/m.0./s1. The van der Waals surface area contributed by atoms with Crippen LogP contribution in [-0.2, 0) is 0 Å². The van der Waals surface area contributed by atoms with Crippen molar-refractivity contribution in [3.63, 3.8) is 0 Å². The Balaban J connectivity index is 0. The van der Waals surface area contributed by atoms with Crippen LogP contribution in [0.1, 0.15) is 20.8 Å². The molecule has 1 heterocycles. The van der Waals surface area contributed by atoms with Gasteiger partial charge in [-0.25, -0.2) is 0 Å². The number of hydrogen-bond acceptors (Lipinski definition) is 3. The van der Waals surface area contributed by atoms with E-state index in [1.807, 2.05) is 12.3 Å². The zero-order valence-electron chi connectivity index (χ0n) is 17.0. The summed E-state index contributed by atoms with van der Waals surface area (Å²) in [4.78, 5) is 6.79. The van der Waals surface area contributed by atoms with E-state index in [-0.39, 0.29) is 56.8 Å². The second kappa shape index (κ2) is 14.0. The molecule has 1 aliphatic heterocycles. The smallest absolute Gasteiger partial charge is 0.684 e. The van der Waals surface area contributed by atoms with Crippen LogP contribution in [0.3, 0.4) is 0 Å². The number of allylic oxidation sites excluding steroid dienone is 2.